The van der Waals surface area contributed by atoms with E-state index in [1.807, 2.05) is 54.6 Å². The number of nitrogens with one attached hydrogen (secondary N) is 2. The SMILES string of the molecule is COCNc1ccc(Nc2ccccc2)cc1. The van der Waals surface area contributed by atoms with Gasteiger partial charge in [0.2, 0.25) is 0 Å². The van der Waals surface area contributed by atoms with Crippen LogP contribution in [0.5, 0.6) is 0 Å². The molecular weight excluding hydrogens is 212 g/mol. The monoisotopic (exact) mass is 228 g/mol. The zero-order valence-electron chi connectivity index (χ0n) is 9.81. The molecule has 3 nitrogen and oxygen atoms in total. The third kappa shape index (κ3) is 3.50. The van der Waals surface area contributed by atoms with Crippen LogP contribution in [0.25, 0.3) is 0 Å². The van der Waals surface area contributed by atoms with Crippen molar-refractivity contribution in [2.24, 2.45) is 0 Å². The van der Waals surface area contributed by atoms with Crippen molar-refractivity contribution < 1.29 is 4.74 Å². The highest BCUT2D eigenvalue weighted by molar-refractivity contribution is 5.62. The van der Waals surface area contributed by atoms with E-state index < -0.39 is 0 Å². The van der Waals surface area contributed by atoms with Crippen LogP contribution in [-0.4, -0.2) is 13.8 Å². The van der Waals surface area contributed by atoms with Gasteiger partial charge in [0.05, 0.1) is 0 Å². The van der Waals surface area contributed by atoms with Crippen molar-refractivity contribution in [3.63, 3.8) is 0 Å². The van der Waals surface area contributed by atoms with Gasteiger partial charge in [-0.05, 0) is 36.4 Å². The van der Waals surface area contributed by atoms with Crippen LogP contribution in [-0.2, 0) is 4.74 Å². The van der Waals surface area contributed by atoms with Gasteiger partial charge in [0.15, 0.2) is 0 Å². The van der Waals surface area contributed by atoms with Crippen LogP contribution < -0.4 is 10.6 Å². The summed E-state index contributed by atoms with van der Waals surface area (Å²) in [4.78, 5) is 0. The number of benzene rings is 2. The molecule has 0 bridgehead atoms. The molecule has 2 N–H and O–H groups in total. The first-order chi connectivity index (χ1) is 8.38. The van der Waals surface area contributed by atoms with E-state index >= 15 is 0 Å². The van der Waals surface area contributed by atoms with Crippen LogP contribution in [0, 0.1) is 0 Å². The molecule has 0 radical (unpaired) electrons. The minimum absolute atomic E-state index is 0.519. The Balaban J connectivity index is 1.98. The molecule has 0 spiro atoms. The molecule has 2 aromatic rings. The number of methoxy groups -OCH3 is 1. The van der Waals surface area contributed by atoms with Crippen molar-refractivity contribution in [2.45, 2.75) is 0 Å². The zero-order valence-corrected chi connectivity index (χ0v) is 9.81. The average Bonchev–Trinajstić information content (AvgIpc) is 2.39. The fraction of sp³-hybridized carbons (Fsp3) is 0.143. The van der Waals surface area contributed by atoms with Gasteiger partial charge in [0.1, 0.15) is 6.73 Å². The minimum atomic E-state index is 0.519. The van der Waals surface area contributed by atoms with Gasteiger partial charge in [-0.3, -0.25) is 0 Å². The van der Waals surface area contributed by atoms with Gasteiger partial charge in [-0.1, -0.05) is 18.2 Å². The van der Waals surface area contributed by atoms with E-state index in [1.54, 1.807) is 7.11 Å². The van der Waals surface area contributed by atoms with Gasteiger partial charge < -0.3 is 15.4 Å². The summed E-state index contributed by atoms with van der Waals surface area (Å²) in [6.45, 7) is 0.519. The molecule has 2 rings (SSSR count). The molecule has 3 heteroatoms. The summed E-state index contributed by atoms with van der Waals surface area (Å²) < 4.78 is 4.94. The average molecular weight is 228 g/mol. The van der Waals surface area contributed by atoms with E-state index in [-0.39, 0.29) is 0 Å². The van der Waals surface area contributed by atoms with E-state index in [2.05, 4.69) is 10.6 Å². The van der Waals surface area contributed by atoms with Crippen LogP contribution in [0.3, 0.4) is 0 Å². The molecule has 0 unspecified atom stereocenters. The Kier molecular flexibility index (Phi) is 4.00. The van der Waals surface area contributed by atoms with E-state index in [0.717, 1.165) is 17.1 Å². The lowest BCUT2D eigenvalue weighted by molar-refractivity contribution is 0.221. The molecule has 0 aliphatic heterocycles. The van der Waals surface area contributed by atoms with Crippen LogP contribution in [0.1, 0.15) is 0 Å². The van der Waals surface area contributed by atoms with Gasteiger partial charge in [0, 0.05) is 24.2 Å². The van der Waals surface area contributed by atoms with Crippen LogP contribution >= 0.6 is 0 Å². The van der Waals surface area contributed by atoms with Gasteiger partial charge in [0.25, 0.3) is 0 Å². The zero-order chi connectivity index (χ0) is 11.9. The van der Waals surface area contributed by atoms with Gasteiger partial charge in [-0.2, -0.15) is 0 Å². The molecule has 88 valence electrons. The highest BCUT2D eigenvalue weighted by Crippen LogP contribution is 2.18. The number of hydrogen-bond acceptors (Lipinski definition) is 3. The Labute approximate surface area is 101 Å². The molecule has 0 aliphatic carbocycles. The summed E-state index contributed by atoms with van der Waals surface area (Å²) in [5, 5.41) is 6.46. The van der Waals surface area contributed by atoms with Crippen molar-refractivity contribution in [3.8, 4) is 0 Å². The molecule has 0 aromatic heterocycles. The maximum Gasteiger partial charge on any atom is 0.116 e. The molecule has 0 aliphatic rings. The summed E-state index contributed by atoms with van der Waals surface area (Å²) >= 11 is 0. The third-order valence-electron chi connectivity index (χ3n) is 2.37. The smallest absolute Gasteiger partial charge is 0.116 e. The molecule has 0 heterocycles. The quantitative estimate of drug-likeness (QED) is 0.769. The maximum atomic E-state index is 4.94. The number of anilines is 3. The lowest BCUT2D eigenvalue weighted by Gasteiger charge is -2.08. The van der Waals surface area contributed by atoms with Crippen molar-refractivity contribution in [1.29, 1.82) is 0 Å². The van der Waals surface area contributed by atoms with Crippen LogP contribution in [0.4, 0.5) is 17.1 Å². The summed E-state index contributed by atoms with van der Waals surface area (Å²) in [6, 6.07) is 18.2. The second-order valence-corrected chi connectivity index (χ2v) is 3.68. The Bertz CT molecular complexity index is 440. The van der Waals surface area contributed by atoms with E-state index in [4.69, 9.17) is 4.74 Å². The van der Waals surface area contributed by atoms with E-state index in [0.29, 0.717) is 6.73 Å². The first-order valence-electron chi connectivity index (χ1n) is 5.53. The summed E-state index contributed by atoms with van der Waals surface area (Å²) in [5.41, 5.74) is 3.20. The highest BCUT2D eigenvalue weighted by Gasteiger charge is 1.94. The minimum Gasteiger partial charge on any atom is -0.365 e. The number of para-hydroxylation sites is 1. The lowest BCUT2D eigenvalue weighted by Crippen LogP contribution is -2.02. The maximum absolute atomic E-state index is 4.94. The van der Waals surface area contributed by atoms with Crippen molar-refractivity contribution in [3.05, 3.63) is 54.6 Å². The summed E-state index contributed by atoms with van der Waals surface area (Å²) in [6.07, 6.45) is 0. The van der Waals surface area contributed by atoms with Crippen LogP contribution in [0.2, 0.25) is 0 Å². The first kappa shape index (κ1) is 11.5. The standard InChI is InChI=1S/C14H16N2O/c1-17-11-15-12-7-9-14(10-8-12)16-13-5-3-2-4-6-13/h2-10,15-16H,11H2,1H3. The Morgan fingerprint density at radius 2 is 1.41 bits per heavy atom. The van der Waals surface area contributed by atoms with E-state index in [9.17, 15) is 0 Å². The largest absolute Gasteiger partial charge is 0.365 e. The molecule has 17 heavy (non-hydrogen) atoms. The Hall–Kier alpha value is -2.00. The number of rotatable bonds is 5. The molecule has 2 aromatic carbocycles. The number of hydrogen-bond donors (Lipinski definition) is 2. The predicted octanol–water partition coefficient (Wildman–Crippen LogP) is 3.45. The first-order valence-corrected chi connectivity index (χ1v) is 5.53. The summed E-state index contributed by atoms with van der Waals surface area (Å²) in [7, 11) is 1.67. The van der Waals surface area contributed by atoms with Gasteiger partial charge in [-0.15, -0.1) is 0 Å². The van der Waals surface area contributed by atoms with Crippen LogP contribution in [0.15, 0.2) is 54.6 Å². The lowest BCUT2D eigenvalue weighted by atomic mass is 10.2. The Morgan fingerprint density at radius 1 is 0.824 bits per heavy atom. The van der Waals surface area contributed by atoms with Crippen molar-refractivity contribution in [1.82, 2.24) is 0 Å². The molecule has 0 atom stereocenters. The fourth-order valence-corrected chi connectivity index (χ4v) is 1.52. The highest BCUT2D eigenvalue weighted by atomic mass is 16.5. The van der Waals surface area contributed by atoms with Crippen molar-refractivity contribution >= 4 is 17.1 Å². The molecule has 0 amide bonds. The second-order valence-electron chi connectivity index (χ2n) is 3.68. The predicted molar refractivity (Wildman–Crippen MR) is 71.7 cm³/mol. The van der Waals surface area contributed by atoms with Gasteiger partial charge in [-0.25, -0.2) is 0 Å². The van der Waals surface area contributed by atoms with Gasteiger partial charge >= 0.3 is 0 Å². The normalized spacial score (nSPS) is 9.94. The molecule has 0 saturated heterocycles. The Morgan fingerprint density at radius 3 is 2.06 bits per heavy atom. The van der Waals surface area contributed by atoms with E-state index in [1.165, 1.54) is 0 Å². The van der Waals surface area contributed by atoms with Crippen molar-refractivity contribution in [2.75, 3.05) is 24.5 Å². The number of ether oxygens (including phenoxy) is 1. The molecule has 0 fully saturated rings. The topological polar surface area (TPSA) is 33.3 Å². The fourth-order valence-electron chi connectivity index (χ4n) is 1.52. The third-order valence-corrected chi connectivity index (χ3v) is 2.37. The summed E-state index contributed by atoms with van der Waals surface area (Å²) in [5.74, 6) is 0. The molecule has 0 saturated carbocycles. The molecular formula is C14H16N2O. The second kappa shape index (κ2) is 5.92.